The number of fused-ring (bicyclic) bond motifs is 1. The van der Waals surface area contributed by atoms with Crippen LogP contribution in [-0.2, 0) is 0 Å². The van der Waals surface area contributed by atoms with Gasteiger partial charge in [-0.05, 0) is 17.7 Å². The summed E-state index contributed by atoms with van der Waals surface area (Å²) < 4.78 is 11.4. The van der Waals surface area contributed by atoms with Crippen LogP contribution in [0.5, 0.6) is 11.6 Å². The van der Waals surface area contributed by atoms with E-state index < -0.39 is 0 Å². The van der Waals surface area contributed by atoms with Crippen molar-refractivity contribution in [3.63, 3.8) is 0 Å². The van der Waals surface area contributed by atoms with Crippen molar-refractivity contribution in [3.8, 4) is 22.8 Å². The lowest BCUT2D eigenvalue weighted by Crippen LogP contribution is -1.91. The molecule has 5 nitrogen and oxygen atoms in total. The van der Waals surface area contributed by atoms with Crippen molar-refractivity contribution < 1.29 is 9.47 Å². The predicted molar refractivity (Wildman–Crippen MR) is 80.4 cm³/mol. The van der Waals surface area contributed by atoms with Crippen LogP contribution in [0.2, 0.25) is 0 Å². The Morgan fingerprint density at radius 2 is 2.05 bits per heavy atom. The Labute approximate surface area is 120 Å². The topological polar surface area (TPSA) is 70.3 Å². The Morgan fingerprint density at radius 1 is 1.20 bits per heavy atom. The molecule has 0 radical (unpaired) electrons. The van der Waals surface area contributed by atoms with Gasteiger partial charge in [0.05, 0.1) is 18.9 Å². The van der Waals surface area contributed by atoms with Crippen molar-refractivity contribution in [2.75, 3.05) is 20.0 Å². The van der Waals surface area contributed by atoms with Gasteiger partial charge in [-0.2, -0.15) is 0 Å². The highest BCUT2D eigenvalue weighted by Crippen LogP contribution is 2.37. The van der Waals surface area contributed by atoms with Crippen molar-refractivity contribution in [1.82, 2.24) is 9.97 Å². The normalized spacial score (nSPS) is 10.7. The SMILES string of the molecule is COc1cccc(-c2cnc(OC)c3nc(N)sc23)c1. The molecule has 102 valence electrons. The Hall–Kier alpha value is -2.34. The average molecular weight is 287 g/mol. The first-order valence-electron chi connectivity index (χ1n) is 5.96. The second kappa shape index (κ2) is 4.97. The smallest absolute Gasteiger partial charge is 0.241 e. The number of anilines is 1. The first-order chi connectivity index (χ1) is 9.72. The van der Waals surface area contributed by atoms with E-state index in [4.69, 9.17) is 15.2 Å². The van der Waals surface area contributed by atoms with Crippen molar-refractivity contribution in [3.05, 3.63) is 30.5 Å². The first kappa shape index (κ1) is 12.7. The van der Waals surface area contributed by atoms with Gasteiger partial charge in [-0.3, -0.25) is 0 Å². The third-order valence-electron chi connectivity index (χ3n) is 2.98. The molecular weight excluding hydrogens is 274 g/mol. The number of hydrogen-bond acceptors (Lipinski definition) is 6. The highest BCUT2D eigenvalue weighted by molar-refractivity contribution is 7.22. The van der Waals surface area contributed by atoms with Gasteiger partial charge in [0.15, 0.2) is 5.13 Å². The summed E-state index contributed by atoms with van der Waals surface area (Å²) >= 11 is 1.42. The molecule has 2 aromatic heterocycles. The van der Waals surface area contributed by atoms with Crippen LogP contribution in [-0.4, -0.2) is 24.2 Å². The van der Waals surface area contributed by atoms with Gasteiger partial charge in [0, 0.05) is 11.8 Å². The Kier molecular flexibility index (Phi) is 3.15. The number of hydrogen-bond donors (Lipinski definition) is 1. The van der Waals surface area contributed by atoms with Crippen LogP contribution in [0.3, 0.4) is 0 Å². The molecule has 0 aliphatic carbocycles. The zero-order valence-electron chi connectivity index (χ0n) is 11.1. The molecule has 0 fully saturated rings. The van der Waals surface area contributed by atoms with Crippen LogP contribution in [0.25, 0.3) is 21.3 Å². The van der Waals surface area contributed by atoms with E-state index in [9.17, 15) is 0 Å². The molecule has 20 heavy (non-hydrogen) atoms. The molecule has 0 atom stereocenters. The van der Waals surface area contributed by atoms with E-state index in [2.05, 4.69) is 9.97 Å². The lowest BCUT2D eigenvalue weighted by molar-refractivity contribution is 0.402. The lowest BCUT2D eigenvalue weighted by atomic mass is 10.1. The van der Waals surface area contributed by atoms with Gasteiger partial charge in [-0.25, -0.2) is 9.97 Å². The summed E-state index contributed by atoms with van der Waals surface area (Å²) in [5, 5.41) is 0.496. The number of nitrogens with two attached hydrogens (primary N) is 1. The Morgan fingerprint density at radius 3 is 2.80 bits per heavy atom. The molecule has 0 aliphatic rings. The average Bonchev–Trinajstić information content (AvgIpc) is 2.87. The number of nitrogen functional groups attached to an aromatic ring is 1. The van der Waals surface area contributed by atoms with Crippen molar-refractivity contribution in [2.24, 2.45) is 0 Å². The first-order valence-corrected chi connectivity index (χ1v) is 6.78. The number of rotatable bonds is 3. The molecule has 3 aromatic rings. The molecule has 2 heterocycles. The van der Waals surface area contributed by atoms with Gasteiger partial charge in [0.2, 0.25) is 5.88 Å². The summed E-state index contributed by atoms with van der Waals surface area (Å²) in [5.74, 6) is 1.28. The minimum absolute atomic E-state index is 0.486. The number of aromatic nitrogens is 2. The zero-order chi connectivity index (χ0) is 14.1. The van der Waals surface area contributed by atoms with Gasteiger partial charge < -0.3 is 15.2 Å². The van der Waals surface area contributed by atoms with Crippen LogP contribution in [0.1, 0.15) is 0 Å². The van der Waals surface area contributed by atoms with Gasteiger partial charge in [0.25, 0.3) is 0 Å². The molecule has 0 bridgehead atoms. The number of thiazole rings is 1. The standard InChI is InChI=1S/C14H13N3O2S/c1-18-9-5-3-4-8(6-9)10-7-16-13(19-2)11-12(10)20-14(15)17-11/h3-7H,1-2H3,(H2,15,17). The summed E-state index contributed by atoms with van der Waals surface area (Å²) in [6.45, 7) is 0. The Balaban J connectivity index is 2.25. The van der Waals surface area contributed by atoms with E-state index in [-0.39, 0.29) is 0 Å². The number of pyridine rings is 1. The third-order valence-corrected chi connectivity index (χ3v) is 3.89. The summed E-state index contributed by atoms with van der Waals surface area (Å²) in [6.07, 6.45) is 1.77. The molecule has 2 N–H and O–H groups in total. The van der Waals surface area contributed by atoms with E-state index in [0.717, 1.165) is 21.6 Å². The third kappa shape index (κ3) is 2.04. The molecule has 6 heteroatoms. The molecule has 0 aliphatic heterocycles. The van der Waals surface area contributed by atoms with Crippen LogP contribution < -0.4 is 15.2 Å². The number of nitrogens with zero attached hydrogens (tertiary/aromatic N) is 2. The molecule has 3 rings (SSSR count). The van der Waals surface area contributed by atoms with Gasteiger partial charge in [-0.15, -0.1) is 0 Å². The lowest BCUT2D eigenvalue weighted by Gasteiger charge is -2.07. The van der Waals surface area contributed by atoms with E-state index in [0.29, 0.717) is 16.5 Å². The zero-order valence-corrected chi connectivity index (χ0v) is 11.9. The summed E-state index contributed by atoms with van der Waals surface area (Å²) in [4.78, 5) is 8.59. The number of ether oxygens (including phenoxy) is 2. The second-order valence-corrected chi connectivity index (χ2v) is 5.17. The number of benzene rings is 1. The molecule has 0 amide bonds. The molecular formula is C14H13N3O2S. The van der Waals surface area contributed by atoms with Crippen LogP contribution in [0.4, 0.5) is 5.13 Å². The fraction of sp³-hybridized carbons (Fsp3) is 0.143. The summed E-state index contributed by atoms with van der Waals surface area (Å²) in [7, 11) is 3.22. The number of methoxy groups -OCH3 is 2. The van der Waals surface area contributed by atoms with Crippen molar-refractivity contribution in [1.29, 1.82) is 0 Å². The van der Waals surface area contributed by atoms with Crippen LogP contribution >= 0.6 is 11.3 Å². The largest absolute Gasteiger partial charge is 0.497 e. The molecule has 0 unspecified atom stereocenters. The maximum Gasteiger partial charge on any atom is 0.241 e. The maximum atomic E-state index is 5.82. The van der Waals surface area contributed by atoms with Gasteiger partial charge in [0.1, 0.15) is 11.3 Å². The molecule has 0 saturated carbocycles. The highest BCUT2D eigenvalue weighted by atomic mass is 32.1. The van der Waals surface area contributed by atoms with E-state index in [1.807, 2.05) is 24.3 Å². The van der Waals surface area contributed by atoms with Crippen LogP contribution in [0.15, 0.2) is 30.5 Å². The van der Waals surface area contributed by atoms with E-state index in [1.165, 1.54) is 11.3 Å². The van der Waals surface area contributed by atoms with Gasteiger partial charge >= 0.3 is 0 Å². The molecule has 1 aromatic carbocycles. The molecule has 0 spiro atoms. The van der Waals surface area contributed by atoms with Crippen molar-refractivity contribution in [2.45, 2.75) is 0 Å². The highest BCUT2D eigenvalue weighted by Gasteiger charge is 2.14. The van der Waals surface area contributed by atoms with Crippen molar-refractivity contribution >= 4 is 26.7 Å². The van der Waals surface area contributed by atoms with E-state index >= 15 is 0 Å². The summed E-state index contributed by atoms with van der Waals surface area (Å²) in [5.41, 5.74) is 8.48. The minimum Gasteiger partial charge on any atom is -0.497 e. The van der Waals surface area contributed by atoms with Crippen LogP contribution in [0, 0.1) is 0 Å². The minimum atomic E-state index is 0.486. The van der Waals surface area contributed by atoms with Gasteiger partial charge in [-0.1, -0.05) is 23.5 Å². The maximum absolute atomic E-state index is 5.82. The quantitative estimate of drug-likeness (QED) is 0.802. The Bertz CT molecular complexity index is 770. The summed E-state index contributed by atoms with van der Waals surface area (Å²) in [6, 6.07) is 7.80. The second-order valence-electron chi connectivity index (χ2n) is 4.14. The predicted octanol–water partition coefficient (Wildman–Crippen LogP) is 2.96. The fourth-order valence-corrected chi connectivity index (χ4v) is 2.91. The fourth-order valence-electron chi connectivity index (χ4n) is 2.05. The molecule has 0 saturated heterocycles. The monoisotopic (exact) mass is 287 g/mol. The van der Waals surface area contributed by atoms with E-state index in [1.54, 1.807) is 20.4 Å².